The Balaban J connectivity index is 2.45. The van der Waals surface area contributed by atoms with Gasteiger partial charge in [0.1, 0.15) is 0 Å². The summed E-state index contributed by atoms with van der Waals surface area (Å²) in [7, 11) is 1.87. The summed E-state index contributed by atoms with van der Waals surface area (Å²) < 4.78 is 11.5. The van der Waals surface area contributed by atoms with Crippen LogP contribution in [0.5, 0.6) is 0 Å². The molecule has 1 aliphatic carbocycles. The Morgan fingerprint density at radius 2 is 1.73 bits per heavy atom. The van der Waals surface area contributed by atoms with Crippen molar-refractivity contribution in [2.24, 2.45) is 5.92 Å². The topological polar surface area (TPSA) is 18.5 Å². The molecule has 0 radical (unpaired) electrons. The van der Waals surface area contributed by atoms with Crippen LogP contribution in [0.3, 0.4) is 0 Å². The maximum Gasteiger partial charge on any atom is 0.337 e. The van der Waals surface area contributed by atoms with Crippen LogP contribution in [0, 0.1) is 5.92 Å². The summed E-state index contributed by atoms with van der Waals surface area (Å²) >= 11 is 0. The van der Waals surface area contributed by atoms with Crippen molar-refractivity contribution in [3.05, 3.63) is 0 Å². The van der Waals surface area contributed by atoms with E-state index in [0.717, 1.165) is 5.92 Å². The number of hydrogen-bond donors (Lipinski definition) is 0. The van der Waals surface area contributed by atoms with E-state index < -0.39 is 8.56 Å². The van der Waals surface area contributed by atoms with E-state index in [1.807, 2.05) is 14.2 Å². The van der Waals surface area contributed by atoms with Crippen molar-refractivity contribution in [3.63, 3.8) is 0 Å². The fourth-order valence-corrected chi connectivity index (χ4v) is 5.95. The second kappa shape index (κ2) is 6.66. The van der Waals surface area contributed by atoms with Crippen LogP contribution in [-0.2, 0) is 8.85 Å². The van der Waals surface area contributed by atoms with Crippen molar-refractivity contribution in [2.75, 3.05) is 14.2 Å². The van der Waals surface area contributed by atoms with Gasteiger partial charge in [-0.1, -0.05) is 45.4 Å². The van der Waals surface area contributed by atoms with Gasteiger partial charge >= 0.3 is 8.56 Å². The number of rotatable bonds is 7. The largest absolute Gasteiger partial charge is 0.398 e. The van der Waals surface area contributed by atoms with E-state index in [2.05, 4.69) is 6.92 Å². The average Bonchev–Trinajstić information content (AvgIpc) is 2.77. The van der Waals surface area contributed by atoms with Gasteiger partial charge in [0.25, 0.3) is 0 Å². The van der Waals surface area contributed by atoms with E-state index in [1.165, 1.54) is 50.6 Å². The minimum atomic E-state index is -1.83. The molecule has 0 amide bonds. The van der Waals surface area contributed by atoms with E-state index in [-0.39, 0.29) is 0 Å². The molecule has 0 unspecified atom stereocenters. The van der Waals surface area contributed by atoms with Crippen molar-refractivity contribution in [2.45, 2.75) is 57.5 Å². The standard InChI is InChI=1S/C12H26O2Si/c1-4-5-10-15(13-2,14-3)11-12-8-6-7-9-12/h12H,4-11H2,1-3H3. The molecule has 0 N–H and O–H groups in total. The zero-order chi connectivity index (χ0) is 11.1. The summed E-state index contributed by atoms with van der Waals surface area (Å²) in [5, 5.41) is 0. The molecule has 0 aromatic heterocycles. The molecule has 1 rings (SSSR count). The molecule has 0 aromatic rings. The first-order valence-corrected chi connectivity index (χ1v) is 8.59. The van der Waals surface area contributed by atoms with Gasteiger partial charge in [0.05, 0.1) is 0 Å². The van der Waals surface area contributed by atoms with E-state index in [1.54, 1.807) is 0 Å². The van der Waals surface area contributed by atoms with Gasteiger partial charge in [0.2, 0.25) is 0 Å². The van der Waals surface area contributed by atoms with Crippen LogP contribution in [0.1, 0.15) is 45.4 Å². The molecule has 15 heavy (non-hydrogen) atoms. The lowest BCUT2D eigenvalue weighted by Crippen LogP contribution is -2.41. The Kier molecular flexibility index (Phi) is 5.86. The normalized spacial score (nSPS) is 18.6. The molecule has 2 nitrogen and oxygen atoms in total. The average molecular weight is 230 g/mol. The molecule has 0 atom stereocenters. The van der Waals surface area contributed by atoms with Gasteiger partial charge in [-0.3, -0.25) is 0 Å². The van der Waals surface area contributed by atoms with Gasteiger partial charge in [-0.15, -0.1) is 0 Å². The molecular weight excluding hydrogens is 204 g/mol. The molecule has 0 bridgehead atoms. The molecule has 3 heteroatoms. The smallest absolute Gasteiger partial charge is 0.337 e. The van der Waals surface area contributed by atoms with E-state index in [9.17, 15) is 0 Å². The third kappa shape index (κ3) is 3.89. The van der Waals surface area contributed by atoms with Crippen LogP contribution in [-0.4, -0.2) is 22.8 Å². The van der Waals surface area contributed by atoms with Crippen LogP contribution in [0.25, 0.3) is 0 Å². The maximum atomic E-state index is 5.77. The molecule has 1 aliphatic rings. The van der Waals surface area contributed by atoms with Gasteiger partial charge in [-0.2, -0.15) is 0 Å². The molecule has 0 saturated heterocycles. The summed E-state index contributed by atoms with van der Waals surface area (Å²) in [6, 6.07) is 2.40. The third-order valence-electron chi connectivity index (χ3n) is 3.73. The number of hydrogen-bond acceptors (Lipinski definition) is 2. The van der Waals surface area contributed by atoms with Gasteiger partial charge in [0, 0.05) is 14.2 Å². The highest BCUT2D eigenvalue weighted by molar-refractivity contribution is 6.67. The summed E-state index contributed by atoms with van der Waals surface area (Å²) in [6.07, 6.45) is 8.11. The highest BCUT2D eigenvalue weighted by Crippen LogP contribution is 2.34. The zero-order valence-electron chi connectivity index (χ0n) is 10.6. The first-order chi connectivity index (χ1) is 7.26. The summed E-state index contributed by atoms with van der Waals surface area (Å²) in [5.41, 5.74) is 0. The lowest BCUT2D eigenvalue weighted by atomic mass is 10.1. The highest BCUT2D eigenvalue weighted by atomic mass is 28.4. The first-order valence-electron chi connectivity index (χ1n) is 6.36. The minimum Gasteiger partial charge on any atom is -0.398 e. The van der Waals surface area contributed by atoms with Crippen molar-refractivity contribution >= 4 is 8.56 Å². The molecular formula is C12H26O2Si. The Labute approximate surface area is 95.6 Å². The fraction of sp³-hybridized carbons (Fsp3) is 1.00. The second-order valence-electron chi connectivity index (χ2n) is 4.78. The Morgan fingerprint density at radius 3 is 2.20 bits per heavy atom. The highest BCUT2D eigenvalue weighted by Gasteiger charge is 2.38. The van der Waals surface area contributed by atoms with Crippen LogP contribution in [0.15, 0.2) is 0 Å². The summed E-state index contributed by atoms with van der Waals surface area (Å²) in [5.74, 6) is 0.883. The maximum absolute atomic E-state index is 5.77. The molecule has 0 heterocycles. The van der Waals surface area contributed by atoms with Crippen molar-refractivity contribution in [1.29, 1.82) is 0 Å². The molecule has 0 spiro atoms. The van der Waals surface area contributed by atoms with Crippen LogP contribution < -0.4 is 0 Å². The Hall–Kier alpha value is 0.137. The Morgan fingerprint density at radius 1 is 1.13 bits per heavy atom. The lowest BCUT2D eigenvalue weighted by molar-refractivity contribution is 0.232. The molecule has 1 saturated carbocycles. The Bertz CT molecular complexity index is 163. The second-order valence-corrected chi connectivity index (χ2v) is 8.32. The third-order valence-corrected chi connectivity index (χ3v) is 7.53. The first kappa shape index (κ1) is 13.2. The predicted octanol–water partition coefficient (Wildman–Crippen LogP) is 3.71. The molecule has 1 fully saturated rings. The fourth-order valence-electron chi connectivity index (χ4n) is 2.66. The van der Waals surface area contributed by atoms with E-state index in [4.69, 9.17) is 8.85 Å². The van der Waals surface area contributed by atoms with Gasteiger partial charge < -0.3 is 8.85 Å². The molecule has 0 aromatic carbocycles. The monoisotopic (exact) mass is 230 g/mol. The minimum absolute atomic E-state index is 0.883. The number of unbranched alkanes of at least 4 members (excludes halogenated alkanes) is 1. The predicted molar refractivity (Wildman–Crippen MR) is 66.3 cm³/mol. The van der Waals surface area contributed by atoms with Gasteiger partial charge in [0.15, 0.2) is 0 Å². The lowest BCUT2D eigenvalue weighted by Gasteiger charge is -2.29. The zero-order valence-corrected chi connectivity index (χ0v) is 11.6. The van der Waals surface area contributed by atoms with Crippen LogP contribution in [0.2, 0.25) is 12.1 Å². The van der Waals surface area contributed by atoms with E-state index in [0.29, 0.717) is 0 Å². The summed E-state index contributed by atoms with van der Waals surface area (Å²) in [6.45, 7) is 2.24. The van der Waals surface area contributed by atoms with Crippen molar-refractivity contribution in [1.82, 2.24) is 0 Å². The summed E-state index contributed by atoms with van der Waals surface area (Å²) in [4.78, 5) is 0. The molecule has 90 valence electrons. The molecule has 0 aliphatic heterocycles. The van der Waals surface area contributed by atoms with Crippen molar-refractivity contribution < 1.29 is 8.85 Å². The van der Waals surface area contributed by atoms with Crippen LogP contribution in [0.4, 0.5) is 0 Å². The van der Waals surface area contributed by atoms with Gasteiger partial charge in [-0.05, 0) is 18.0 Å². The van der Waals surface area contributed by atoms with Crippen molar-refractivity contribution in [3.8, 4) is 0 Å². The van der Waals surface area contributed by atoms with Gasteiger partial charge in [-0.25, -0.2) is 0 Å². The van der Waals surface area contributed by atoms with Crippen LogP contribution >= 0.6 is 0 Å². The quantitative estimate of drug-likeness (QED) is 0.621. The SMILES string of the molecule is CCCC[Si](CC1CCCC1)(OC)OC. The van der Waals surface area contributed by atoms with E-state index >= 15 is 0 Å².